The summed E-state index contributed by atoms with van der Waals surface area (Å²) in [6.07, 6.45) is 1.49. The maximum atomic E-state index is 11.5. The number of ether oxygens (including phenoxy) is 1. The highest BCUT2D eigenvalue weighted by Gasteiger charge is 2.04. The molecular weight excluding hydrogens is 370 g/mol. The van der Waals surface area contributed by atoms with Crippen molar-refractivity contribution in [3.05, 3.63) is 66.5 Å². The van der Waals surface area contributed by atoms with Crippen molar-refractivity contribution >= 4 is 28.9 Å². The number of carbonyl (C=O) groups excluding carboxylic acids is 1. The van der Waals surface area contributed by atoms with Crippen LogP contribution in [-0.2, 0) is 4.79 Å². The van der Waals surface area contributed by atoms with Gasteiger partial charge >= 0.3 is 0 Å². The Morgan fingerprint density at radius 2 is 1.72 bits per heavy atom. The Balaban J connectivity index is 1.56. The molecule has 8 nitrogen and oxygen atoms in total. The van der Waals surface area contributed by atoms with Crippen LogP contribution in [0.2, 0.25) is 0 Å². The van der Waals surface area contributed by atoms with E-state index in [2.05, 4.69) is 25.9 Å². The summed E-state index contributed by atoms with van der Waals surface area (Å²) in [4.78, 5) is 20.0. The number of aromatic nitrogens is 2. The van der Waals surface area contributed by atoms with E-state index in [1.54, 1.807) is 12.1 Å². The van der Waals surface area contributed by atoms with Crippen LogP contribution in [0.4, 0.5) is 23.0 Å². The molecule has 1 aromatic heterocycles. The van der Waals surface area contributed by atoms with Crippen LogP contribution in [0.25, 0.3) is 0 Å². The van der Waals surface area contributed by atoms with Crippen molar-refractivity contribution in [1.82, 2.24) is 15.3 Å². The first-order valence-electron chi connectivity index (χ1n) is 9.15. The van der Waals surface area contributed by atoms with Crippen molar-refractivity contribution in [2.45, 2.75) is 6.92 Å². The third-order valence-corrected chi connectivity index (χ3v) is 3.89. The number of anilines is 4. The Morgan fingerprint density at radius 3 is 2.41 bits per heavy atom. The first-order valence-corrected chi connectivity index (χ1v) is 9.15. The summed E-state index contributed by atoms with van der Waals surface area (Å²) in [6, 6.07) is 17.0. The predicted octanol–water partition coefficient (Wildman–Crippen LogP) is 2.76. The zero-order valence-electron chi connectivity index (χ0n) is 16.1. The van der Waals surface area contributed by atoms with E-state index in [1.807, 2.05) is 49.4 Å². The monoisotopic (exact) mass is 393 g/mol. The smallest absolute Gasteiger partial charge is 0.258 e. The summed E-state index contributed by atoms with van der Waals surface area (Å²) in [5.74, 6) is 1.62. The largest absolute Gasteiger partial charge is 0.484 e. The van der Waals surface area contributed by atoms with Crippen LogP contribution in [0.5, 0.6) is 5.75 Å². The summed E-state index contributed by atoms with van der Waals surface area (Å²) in [6.45, 7) is 2.04. The second-order valence-electron chi connectivity index (χ2n) is 6.29. The average Bonchev–Trinajstić information content (AvgIpc) is 2.72. The van der Waals surface area contributed by atoms with E-state index < -0.39 is 0 Å². The van der Waals surface area contributed by atoms with Crippen molar-refractivity contribution in [2.24, 2.45) is 0 Å². The third-order valence-electron chi connectivity index (χ3n) is 3.89. The fourth-order valence-corrected chi connectivity index (χ4v) is 2.54. The molecule has 150 valence electrons. The zero-order valence-corrected chi connectivity index (χ0v) is 16.1. The second-order valence-corrected chi connectivity index (χ2v) is 6.29. The van der Waals surface area contributed by atoms with Crippen LogP contribution in [-0.4, -0.2) is 40.7 Å². The zero-order chi connectivity index (χ0) is 20.5. The highest BCUT2D eigenvalue weighted by Crippen LogP contribution is 2.21. The Labute approximate surface area is 169 Å². The molecule has 3 aromatic rings. The molecule has 0 atom stereocenters. The molecule has 8 heteroatoms. The Kier molecular flexibility index (Phi) is 6.96. The molecule has 4 N–H and O–H groups in total. The van der Waals surface area contributed by atoms with Crippen LogP contribution >= 0.6 is 0 Å². The minimum atomic E-state index is -0.282. The lowest BCUT2D eigenvalue weighted by Crippen LogP contribution is -2.31. The fourth-order valence-electron chi connectivity index (χ4n) is 2.54. The van der Waals surface area contributed by atoms with Gasteiger partial charge in [0.05, 0.1) is 6.61 Å². The lowest BCUT2D eigenvalue weighted by Gasteiger charge is -2.10. The summed E-state index contributed by atoms with van der Waals surface area (Å²) in [5.41, 5.74) is 2.94. The molecule has 29 heavy (non-hydrogen) atoms. The van der Waals surface area contributed by atoms with E-state index in [-0.39, 0.29) is 25.7 Å². The van der Waals surface area contributed by atoms with Crippen molar-refractivity contribution in [3.8, 4) is 5.75 Å². The molecule has 3 rings (SSSR count). The Morgan fingerprint density at radius 1 is 1.00 bits per heavy atom. The molecule has 0 saturated heterocycles. The maximum Gasteiger partial charge on any atom is 0.258 e. The van der Waals surface area contributed by atoms with Crippen molar-refractivity contribution < 1.29 is 14.6 Å². The van der Waals surface area contributed by atoms with Gasteiger partial charge in [0.25, 0.3) is 5.91 Å². The topological polar surface area (TPSA) is 108 Å². The van der Waals surface area contributed by atoms with Gasteiger partial charge in [-0.05, 0) is 48.9 Å². The molecular formula is C21H23N5O3. The highest BCUT2D eigenvalue weighted by molar-refractivity contribution is 5.77. The molecule has 1 heterocycles. The molecule has 0 aliphatic carbocycles. The number of nitrogens with zero attached hydrogens (tertiary/aromatic N) is 2. The van der Waals surface area contributed by atoms with E-state index in [0.29, 0.717) is 17.4 Å². The van der Waals surface area contributed by atoms with Crippen LogP contribution in [0.15, 0.2) is 60.9 Å². The molecule has 0 aliphatic rings. The highest BCUT2D eigenvalue weighted by atomic mass is 16.5. The van der Waals surface area contributed by atoms with Crippen LogP contribution in [0.1, 0.15) is 5.56 Å². The molecule has 0 radical (unpaired) electrons. The lowest BCUT2D eigenvalue weighted by molar-refractivity contribution is -0.123. The summed E-state index contributed by atoms with van der Waals surface area (Å²) in [5, 5.41) is 17.7. The number of rotatable bonds is 9. The van der Waals surface area contributed by atoms with Gasteiger partial charge in [0.2, 0.25) is 0 Å². The molecule has 0 unspecified atom stereocenters. The number of aryl methyl sites for hydroxylation is 1. The molecule has 0 spiro atoms. The number of hydrogen-bond acceptors (Lipinski definition) is 7. The molecule has 0 aliphatic heterocycles. The summed E-state index contributed by atoms with van der Waals surface area (Å²) < 4.78 is 5.41. The Hall–Kier alpha value is -3.65. The maximum absolute atomic E-state index is 11.5. The minimum absolute atomic E-state index is 0.0998. The van der Waals surface area contributed by atoms with Crippen LogP contribution in [0.3, 0.4) is 0 Å². The average molecular weight is 393 g/mol. The van der Waals surface area contributed by atoms with E-state index in [0.717, 1.165) is 16.9 Å². The van der Waals surface area contributed by atoms with E-state index in [4.69, 9.17) is 9.84 Å². The number of benzene rings is 2. The number of hydrogen-bond donors (Lipinski definition) is 4. The van der Waals surface area contributed by atoms with Gasteiger partial charge in [0.1, 0.15) is 23.7 Å². The van der Waals surface area contributed by atoms with Gasteiger partial charge in [-0.25, -0.2) is 9.97 Å². The van der Waals surface area contributed by atoms with Gasteiger partial charge in [-0.1, -0.05) is 12.1 Å². The van der Waals surface area contributed by atoms with Gasteiger partial charge in [0.15, 0.2) is 6.61 Å². The Bertz CT molecular complexity index is 947. The summed E-state index contributed by atoms with van der Waals surface area (Å²) in [7, 11) is 0. The second kappa shape index (κ2) is 10.0. The summed E-state index contributed by atoms with van der Waals surface area (Å²) >= 11 is 0. The standard InChI is InChI=1S/C21H23N5O3/c1-15-3-2-4-17(11-15)26-20-12-19(23-14-24-20)25-16-5-7-18(8-6-16)29-13-21(28)22-9-10-27/h2-8,11-12,14,27H,9-10,13H2,1H3,(H,22,28)(H2,23,24,25,26). The van der Waals surface area contributed by atoms with Gasteiger partial charge in [-0.2, -0.15) is 0 Å². The number of aliphatic hydroxyl groups is 1. The SMILES string of the molecule is Cc1cccc(Nc2cc(Nc3ccc(OCC(=O)NCCO)cc3)ncn2)c1. The van der Waals surface area contributed by atoms with Crippen molar-refractivity contribution in [1.29, 1.82) is 0 Å². The van der Waals surface area contributed by atoms with Crippen molar-refractivity contribution in [3.63, 3.8) is 0 Å². The lowest BCUT2D eigenvalue weighted by atomic mass is 10.2. The van der Waals surface area contributed by atoms with Crippen molar-refractivity contribution in [2.75, 3.05) is 30.4 Å². The molecule has 1 amide bonds. The first-order chi connectivity index (χ1) is 14.1. The molecule has 0 saturated carbocycles. The number of nitrogens with one attached hydrogen (secondary N) is 3. The first kappa shape index (κ1) is 20.1. The molecule has 0 fully saturated rings. The van der Waals surface area contributed by atoms with Gasteiger partial charge < -0.3 is 25.8 Å². The number of amides is 1. The minimum Gasteiger partial charge on any atom is -0.484 e. The number of aliphatic hydroxyl groups excluding tert-OH is 1. The fraction of sp³-hybridized carbons (Fsp3) is 0.190. The number of carbonyl (C=O) groups is 1. The van der Waals surface area contributed by atoms with Gasteiger partial charge in [0, 0.05) is 24.0 Å². The van der Waals surface area contributed by atoms with E-state index >= 15 is 0 Å². The van der Waals surface area contributed by atoms with Crippen LogP contribution < -0.4 is 20.7 Å². The quantitative estimate of drug-likeness (QED) is 0.443. The normalized spacial score (nSPS) is 10.3. The van der Waals surface area contributed by atoms with E-state index in [1.165, 1.54) is 6.33 Å². The van der Waals surface area contributed by atoms with Gasteiger partial charge in [-0.3, -0.25) is 4.79 Å². The van der Waals surface area contributed by atoms with Gasteiger partial charge in [-0.15, -0.1) is 0 Å². The molecule has 2 aromatic carbocycles. The molecule has 0 bridgehead atoms. The van der Waals surface area contributed by atoms with E-state index in [9.17, 15) is 4.79 Å². The van der Waals surface area contributed by atoms with Crippen LogP contribution in [0, 0.1) is 6.92 Å². The third kappa shape index (κ3) is 6.47. The predicted molar refractivity (Wildman–Crippen MR) is 112 cm³/mol.